The molecule has 1 aromatic carbocycles. The molecule has 0 unspecified atom stereocenters. The number of hydrogen-bond donors (Lipinski definition) is 0. The Labute approximate surface area is 146 Å². The molecule has 0 radical (unpaired) electrons. The van der Waals surface area contributed by atoms with Crippen LogP contribution < -0.4 is 4.74 Å². The van der Waals surface area contributed by atoms with Gasteiger partial charge in [-0.15, -0.1) is 0 Å². The van der Waals surface area contributed by atoms with Crippen LogP contribution in [0.25, 0.3) is 11.1 Å². The van der Waals surface area contributed by atoms with Crippen molar-refractivity contribution in [1.29, 1.82) is 0 Å². The van der Waals surface area contributed by atoms with Gasteiger partial charge in [-0.1, -0.05) is 17.7 Å². The van der Waals surface area contributed by atoms with Crippen molar-refractivity contribution in [3.05, 3.63) is 46.2 Å². The molecule has 24 heavy (non-hydrogen) atoms. The molecular formula is C18H19ClN2O3. The number of amides is 1. The topological polar surface area (TPSA) is 59.5 Å². The van der Waals surface area contributed by atoms with Gasteiger partial charge < -0.3 is 9.64 Å². The van der Waals surface area contributed by atoms with Crippen LogP contribution in [0.1, 0.15) is 33.3 Å². The fourth-order valence-electron chi connectivity index (χ4n) is 2.44. The van der Waals surface area contributed by atoms with E-state index >= 15 is 0 Å². The van der Waals surface area contributed by atoms with Crippen molar-refractivity contribution in [1.82, 2.24) is 9.88 Å². The van der Waals surface area contributed by atoms with Gasteiger partial charge in [-0.05, 0) is 31.5 Å². The number of Topliss-reactive ketones (excluding diaryl/α,β-unsaturated/α-hetero) is 1. The number of carbonyl (C=O) groups excluding carboxylic acids is 2. The largest absolute Gasteiger partial charge is 0.495 e. The average molecular weight is 347 g/mol. The van der Waals surface area contributed by atoms with E-state index in [9.17, 15) is 9.59 Å². The summed E-state index contributed by atoms with van der Waals surface area (Å²) in [5, 5.41) is 0.476. The van der Waals surface area contributed by atoms with Crippen LogP contribution in [0.3, 0.4) is 0 Å². The second-order valence-electron chi connectivity index (χ2n) is 5.63. The highest BCUT2D eigenvalue weighted by Gasteiger charge is 2.20. The van der Waals surface area contributed by atoms with E-state index in [0.29, 0.717) is 27.6 Å². The molecule has 0 fully saturated rings. The molecule has 2 rings (SSSR count). The van der Waals surface area contributed by atoms with Gasteiger partial charge in [-0.25, -0.2) is 0 Å². The normalized spacial score (nSPS) is 10.4. The van der Waals surface area contributed by atoms with Gasteiger partial charge in [0.1, 0.15) is 11.4 Å². The predicted octanol–water partition coefficient (Wildman–Crippen LogP) is 3.62. The van der Waals surface area contributed by atoms with Gasteiger partial charge in [0.2, 0.25) is 0 Å². The third-order valence-corrected chi connectivity index (χ3v) is 4.13. The number of hydrogen-bond acceptors (Lipinski definition) is 4. The van der Waals surface area contributed by atoms with Crippen LogP contribution in [0.2, 0.25) is 5.02 Å². The van der Waals surface area contributed by atoms with Crippen molar-refractivity contribution in [3.63, 3.8) is 0 Å². The minimum Gasteiger partial charge on any atom is -0.495 e. The van der Waals surface area contributed by atoms with E-state index in [1.165, 1.54) is 18.9 Å². The first kappa shape index (κ1) is 17.9. The van der Waals surface area contributed by atoms with Crippen molar-refractivity contribution in [2.24, 2.45) is 0 Å². The van der Waals surface area contributed by atoms with Gasteiger partial charge >= 0.3 is 0 Å². The Balaban J connectivity index is 2.64. The van der Waals surface area contributed by atoms with Crippen molar-refractivity contribution < 1.29 is 14.3 Å². The molecule has 1 heterocycles. The van der Waals surface area contributed by atoms with Gasteiger partial charge in [0.25, 0.3) is 5.91 Å². The predicted molar refractivity (Wildman–Crippen MR) is 94.0 cm³/mol. The van der Waals surface area contributed by atoms with E-state index in [1.54, 1.807) is 38.5 Å². The summed E-state index contributed by atoms with van der Waals surface area (Å²) in [4.78, 5) is 29.5. The number of benzene rings is 1. The number of halogens is 1. The van der Waals surface area contributed by atoms with Gasteiger partial charge in [0, 0.05) is 36.4 Å². The first-order valence-electron chi connectivity index (χ1n) is 7.34. The van der Waals surface area contributed by atoms with E-state index in [4.69, 9.17) is 16.3 Å². The number of pyridine rings is 1. The molecule has 0 N–H and O–H groups in total. The lowest BCUT2D eigenvalue weighted by Crippen LogP contribution is -2.22. The maximum atomic E-state index is 12.0. The summed E-state index contributed by atoms with van der Waals surface area (Å²) in [6.07, 6.45) is 1.59. The smallest absolute Gasteiger partial charge is 0.271 e. The number of nitrogens with zero attached hydrogens (tertiary/aromatic N) is 2. The zero-order chi connectivity index (χ0) is 18.0. The summed E-state index contributed by atoms with van der Waals surface area (Å²) in [5.74, 6) is 0.140. The maximum Gasteiger partial charge on any atom is 0.271 e. The van der Waals surface area contributed by atoms with Crippen LogP contribution in [0.4, 0.5) is 0 Å². The Morgan fingerprint density at radius 3 is 2.38 bits per heavy atom. The quantitative estimate of drug-likeness (QED) is 0.793. The lowest BCUT2D eigenvalue weighted by molar-refractivity contribution is 0.0821. The molecule has 1 aromatic heterocycles. The second-order valence-corrected chi connectivity index (χ2v) is 6.03. The number of methoxy groups -OCH3 is 1. The fourth-order valence-corrected chi connectivity index (χ4v) is 2.65. The SMILES string of the molecule is COc1c(C(C)=O)cc(Cl)c(C)c1-c1ccc(C(=O)N(C)C)nc1. The number of rotatable bonds is 4. The lowest BCUT2D eigenvalue weighted by Gasteiger charge is -2.17. The van der Waals surface area contributed by atoms with Gasteiger partial charge in [-0.3, -0.25) is 14.6 Å². The summed E-state index contributed by atoms with van der Waals surface area (Å²) in [6.45, 7) is 3.31. The summed E-state index contributed by atoms with van der Waals surface area (Å²) >= 11 is 6.28. The van der Waals surface area contributed by atoms with Crippen LogP contribution >= 0.6 is 11.6 Å². The molecule has 5 nitrogen and oxygen atoms in total. The first-order chi connectivity index (χ1) is 11.3. The van der Waals surface area contributed by atoms with E-state index < -0.39 is 0 Å². The minimum atomic E-state index is -0.180. The maximum absolute atomic E-state index is 12.0. The summed E-state index contributed by atoms with van der Waals surface area (Å²) in [6, 6.07) is 5.03. The van der Waals surface area contributed by atoms with Crippen molar-refractivity contribution in [2.45, 2.75) is 13.8 Å². The van der Waals surface area contributed by atoms with Gasteiger partial charge in [0.05, 0.1) is 12.7 Å². The van der Waals surface area contributed by atoms with Crippen LogP contribution in [0.5, 0.6) is 5.75 Å². The van der Waals surface area contributed by atoms with E-state index in [0.717, 1.165) is 11.1 Å². The van der Waals surface area contributed by atoms with Crippen LogP contribution in [-0.2, 0) is 0 Å². The average Bonchev–Trinajstić information content (AvgIpc) is 2.55. The van der Waals surface area contributed by atoms with Crippen LogP contribution in [0.15, 0.2) is 24.4 Å². The second kappa shape index (κ2) is 7.01. The molecule has 0 saturated carbocycles. The molecular weight excluding hydrogens is 328 g/mol. The van der Waals surface area contributed by atoms with Crippen molar-refractivity contribution >= 4 is 23.3 Å². The highest BCUT2D eigenvalue weighted by atomic mass is 35.5. The van der Waals surface area contributed by atoms with Crippen LogP contribution in [0, 0.1) is 6.92 Å². The zero-order valence-corrected chi connectivity index (χ0v) is 15.1. The zero-order valence-electron chi connectivity index (χ0n) is 14.3. The number of ether oxygens (including phenoxy) is 1. The Hall–Kier alpha value is -2.40. The third-order valence-electron chi connectivity index (χ3n) is 3.74. The third kappa shape index (κ3) is 3.26. The molecule has 6 heteroatoms. The molecule has 2 aromatic rings. The van der Waals surface area contributed by atoms with E-state index in [2.05, 4.69) is 4.98 Å². The van der Waals surface area contributed by atoms with Crippen molar-refractivity contribution in [3.8, 4) is 16.9 Å². The highest BCUT2D eigenvalue weighted by Crippen LogP contribution is 2.39. The number of aromatic nitrogens is 1. The Kier molecular flexibility index (Phi) is 5.24. The minimum absolute atomic E-state index is 0.137. The number of carbonyl (C=O) groups is 2. The molecule has 1 amide bonds. The Morgan fingerprint density at radius 1 is 1.25 bits per heavy atom. The van der Waals surface area contributed by atoms with Crippen LogP contribution in [-0.4, -0.2) is 42.8 Å². The molecule has 0 saturated heterocycles. The highest BCUT2D eigenvalue weighted by molar-refractivity contribution is 6.32. The van der Waals surface area contributed by atoms with Crippen molar-refractivity contribution in [2.75, 3.05) is 21.2 Å². The first-order valence-corrected chi connectivity index (χ1v) is 7.71. The molecule has 0 bridgehead atoms. The molecule has 0 aliphatic carbocycles. The van der Waals surface area contributed by atoms with E-state index in [1.807, 2.05) is 6.92 Å². The fraction of sp³-hybridized carbons (Fsp3) is 0.278. The Morgan fingerprint density at radius 2 is 1.92 bits per heavy atom. The summed E-state index contributed by atoms with van der Waals surface area (Å²) in [7, 11) is 4.85. The molecule has 0 aliphatic heterocycles. The van der Waals surface area contributed by atoms with Gasteiger partial charge in [-0.2, -0.15) is 0 Å². The Bertz CT molecular complexity index is 799. The summed E-state index contributed by atoms with van der Waals surface area (Å²) < 4.78 is 5.46. The number of ketones is 1. The molecule has 0 spiro atoms. The lowest BCUT2D eigenvalue weighted by atomic mass is 9.96. The molecule has 0 aliphatic rings. The van der Waals surface area contributed by atoms with Gasteiger partial charge in [0.15, 0.2) is 5.78 Å². The summed E-state index contributed by atoms with van der Waals surface area (Å²) in [5.41, 5.74) is 2.97. The monoisotopic (exact) mass is 346 g/mol. The standard InChI is InChI=1S/C18H19ClN2O3/c1-10-14(19)8-13(11(2)22)17(24-5)16(10)12-6-7-15(20-9-12)18(23)21(3)4/h6-9H,1-5H3. The molecule has 0 atom stereocenters. The van der Waals surface area contributed by atoms with E-state index in [-0.39, 0.29) is 11.7 Å². The molecule has 126 valence electrons.